The van der Waals surface area contributed by atoms with Crippen LogP contribution in [-0.2, 0) is 28.8 Å². The summed E-state index contributed by atoms with van der Waals surface area (Å²) in [5, 5.41) is 25.0. The standard InChI is InChI=1S/C18H32N6O8/c1-8(2)5-11(17(30)24-12(18(31)32)6-14(21)27)23-16(29)10(3-4-13(20)26)22-15(28)9(19)7-25/h8-12,25H,3-7,19H2,1-2H3,(H2,20,26)(H2,21,27)(H,22,28)(H,23,29)(H,24,30)(H,31,32). The van der Waals surface area contributed by atoms with Crippen molar-refractivity contribution >= 4 is 35.5 Å². The Kier molecular flexibility index (Phi) is 12.5. The fourth-order valence-corrected chi connectivity index (χ4v) is 2.57. The summed E-state index contributed by atoms with van der Waals surface area (Å²) < 4.78 is 0. The Bertz CT molecular complexity index is 714. The number of carboxylic acid groups (broad SMARTS) is 1. The second-order valence-electron chi connectivity index (χ2n) is 7.62. The van der Waals surface area contributed by atoms with Gasteiger partial charge in [-0.3, -0.25) is 24.0 Å². The van der Waals surface area contributed by atoms with E-state index in [9.17, 15) is 28.8 Å². The van der Waals surface area contributed by atoms with Gasteiger partial charge in [0.1, 0.15) is 24.2 Å². The molecule has 0 spiro atoms. The fourth-order valence-electron chi connectivity index (χ4n) is 2.57. The fraction of sp³-hybridized carbons (Fsp3) is 0.667. The number of hydrogen-bond acceptors (Lipinski definition) is 8. The average molecular weight is 460 g/mol. The van der Waals surface area contributed by atoms with Gasteiger partial charge in [-0.1, -0.05) is 13.8 Å². The van der Waals surface area contributed by atoms with Crippen molar-refractivity contribution in [3.63, 3.8) is 0 Å². The van der Waals surface area contributed by atoms with Gasteiger partial charge in [0.2, 0.25) is 29.5 Å². The normalized spacial score (nSPS) is 14.5. The summed E-state index contributed by atoms with van der Waals surface area (Å²) in [6.45, 7) is 2.80. The molecule has 32 heavy (non-hydrogen) atoms. The quantitative estimate of drug-likeness (QED) is 0.118. The van der Waals surface area contributed by atoms with E-state index in [0.717, 1.165) is 0 Å². The third-order valence-electron chi connectivity index (χ3n) is 4.21. The molecular formula is C18H32N6O8. The molecule has 0 bridgehead atoms. The molecule has 14 heteroatoms. The predicted octanol–water partition coefficient (Wildman–Crippen LogP) is -3.97. The van der Waals surface area contributed by atoms with Gasteiger partial charge in [-0.05, 0) is 18.8 Å². The van der Waals surface area contributed by atoms with Crippen molar-refractivity contribution in [1.82, 2.24) is 16.0 Å². The molecule has 4 unspecified atom stereocenters. The van der Waals surface area contributed by atoms with Crippen molar-refractivity contribution in [2.75, 3.05) is 6.61 Å². The topological polar surface area (TPSA) is 257 Å². The van der Waals surface area contributed by atoms with Crippen molar-refractivity contribution in [3.8, 4) is 0 Å². The van der Waals surface area contributed by atoms with Gasteiger partial charge >= 0.3 is 5.97 Å². The van der Waals surface area contributed by atoms with Crippen molar-refractivity contribution in [3.05, 3.63) is 0 Å². The minimum Gasteiger partial charge on any atom is -0.480 e. The van der Waals surface area contributed by atoms with Gasteiger partial charge < -0.3 is 43.4 Å². The summed E-state index contributed by atoms with van der Waals surface area (Å²) in [4.78, 5) is 70.8. The highest BCUT2D eigenvalue weighted by Crippen LogP contribution is 2.08. The summed E-state index contributed by atoms with van der Waals surface area (Å²) in [6, 6.07) is -5.45. The lowest BCUT2D eigenvalue weighted by molar-refractivity contribution is -0.144. The highest BCUT2D eigenvalue weighted by Gasteiger charge is 2.31. The second kappa shape index (κ2) is 13.9. The minimum absolute atomic E-state index is 0.0904. The van der Waals surface area contributed by atoms with Crippen molar-refractivity contribution < 1.29 is 39.0 Å². The van der Waals surface area contributed by atoms with Crippen LogP contribution in [0.5, 0.6) is 0 Å². The molecule has 0 aliphatic heterocycles. The first-order valence-electron chi connectivity index (χ1n) is 9.85. The van der Waals surface area contributed by atoms with Gasteiger partial charge in [0.05, 0.1) is 13.0 Å². The first-order valence-corrected chi connectivity index (χ1v) is 9.85. The molecule has 182 valence electrons. The number of hydrogen-bond donors (Lipinski definition) is 8. The number of nitrogens with one attached hydrogen (secondary N) is 3. The summed E-state index contributed by atoms with van der Waals surface area (Å²) in [6.07, 6.45) is -1.04. The molecule has 0 radical (unpaired) electrons. The molecule has 0 fully saturated rings. The first kappa shape index (κ1) is 28.7. The van der Waals surface area contributed by atoms with Crippen LogP contribution >= 0.6 is 0 Å². The molecule has 0 aliphatic carbocycles. The molecule has 0 saturated heterocycles. The van der Waals surface area contributed by atoms with Crippen molar-refractivity contribution in [1.29, 1.82) is 0 Å². The predicted molar refractivity (Wildman–Crippen MR) is 110 cm³/mol. The van der Waals surface area contributed by atoms with E-state index >= 15 is 0 Å². The van der Waals surface area contributed by atoms with Gasteiger partial charge in [-0.25, -0.2) is 4.79 Å². The molecular weight excluding hydrogens is 428 g/mol. The maximum atomic E-state index is 12.7. The van der Waals surface area contributed by atoms with Gasteiger partial charge in [0.25, 0.3) is 0 Å². The molecule has 0 aromatic rings. The van der Waals surface area contributed by atoms with E-state index in [2.05, 4.69) is 16.0 Å². The summed E-state index contributed by atoms with van der Waals surface area (Å²) in [5.74, 6) is -5.90. The van der Waals surface area contributed by atoms with Crippen LogP contribution in [0.2, 0.25) is 0 Å². The molecule has 0 rings (SSSR count). The van der Waals surface area contributed by atoms with Crippen LogP contribution in [0.15, 0.2) is 0 Å². The van der Waals surface area contributed by atoms with Crippen LogP contribution in [0.25, 0.3) is 0 Å². The second-order valence-corrected chi connectivity index (χ2v) is 7.62. The lowest BCUT2D eigenvalue weighted by atomic mass is 10.0. The summed E-state index contributed by atoms with van der Waals surface area (Å²) in [5.41, 5.74) is 15.5. The molecule has 11 N–H and O–H groups in total. The maximum absolute atomic E-state index is 12.7. The van der Waals surface area contributed by atoms with Crippen LogP contribution in [0.4, 0.5) is 0 Å². The third kappa shape index (κ3) is 11.2. The Morgan fingerprint density at radius 1 is 0.812 bits per heavy atom. The SMILES string of the molecule is CC(C)CC(NC(=O)C(CCC(N)=O)NC(=O)C(N)CO)C(=O)NC(CC(N)=O)C(=O)O. The van der Waals surface area contributed by atoms with Crippen LogP contribution in [0, 0.1) is 5.92 Å². The number of amides is 5. The molecule has 0 aromatic heterocycles. The number of carboxylic acids is 1. The summed E-state index contributed by atoms with van der Waals surface area (Å²) in [7, 11) is 0. The Labute approximate surface area is 184 Å². The van der Waals surface area contributed by atoms with Crippen LogP contribution in [0.3, 0.4) is 0 Å². The van der Waals surface area contributed by atoms with Gasteiger partial charge in [-0.2, -0.15) is 0 Å². The maximum Gasteiger partial charge on any atom is 0.326 e. The highest BCUT2D eigenvalue weighted by atomic mass is 16.4. The molecule has 0 aliphatic rings. The number of carbonyl (C=O) groups is 6. The Morgan fingerprint density at radius 3 is 1.75 bits per heavy atom. The minimum atomic E-state index is -1.60. The lowest BCUT2D eigenvalue weighted by Gasteiger charge is -2.25. The number of aliphatic hydroxyl groups excluding tert-OH is 1. The van der Waals surface area contributed by atoms with E-state index in [1.165, 1.54) is 0 Å². The Balaban J connectivity index is 5.53. The smallest absolute Gasteiger partial charge is 0.326 e. The molecule has 0 aromatic carbocycles. The van der Waals surface area contributed by atoms with Crippen LogP contribution < -0.4 is 33.2 Å². The van der Waals surface area contributed by atoms with Crippen LogP contribution in [-0.4, -0.2) is 76.5 Å². The van der Waals surface area contributed by atoms with Crippen molar-refractivity contribution in [2.45, 2.75) is 63.7 Å². The zero-order valence-electron chi connectivity index (χ0n) is 18.0. The van der Waals surface area contributed by atoms with Gasteiger partial charge in [-0.15, -0.1) is 0 Å². The zero-order valence-corrected chi connectivity index (χ0v) is 18.0. The number of carbonyl (C=O) groups excluding carboxylic acids is 5. The lowest BCUT2D eigenvalue weighted by Crippen LogP contribution is -2.58. The third-order valence-corrected chi connectivity index (χ3v) is 4.21. The van der Waals surface area contributed by atoms with E-state index < -0.39 is 72.7 Å². The number of nitrogens with two attached hydrogens (primary N) is 3. The van der Waals surface area contributed by atoms with E-state index in [-0.39, 0.29) is 25.2 Å². The van der Waals surface area contributed by atoms with E-state index in [1.807, 2.05) is 0 Å². The van der Waals surface area contributed by atoms with E-state index in [0.29, 0.717) is 0 Å². The number of rotatable bonds is 15. The molecule has 0 saturated carbocycles. The zero-order chi connectivity index (χ0) is 25.0. The van der Waals surface area contributed by atoms with Crippen LogP contribution in [0.1, 0.15) is 39.5 Å². The Morgan fingerprint density at radius 2 is 1.31 bits per heavy atom. The highest BCUT2D eigenvalue weighted by molar-refractivity contribution is 5.95. The molecule has 5 amide bonds. The van der Waals surface area contributed by atoms with E-state index in [1.54, 1.807) is 13.8 Å². The van der Waals surface area contributed by atoms with Gasteiger partial charge in [0, 0.05) is 6.42 Å². The number of aliphatic carboxylic acids is 1. The van der Waals surface area contributed by atoms with E-state index in [4.69, 9.17) is 27.4 Å². The first-order chi connectivity index (χ1) is 14.8. The Hall–Kier alpha value is -3.26. The summed E-state index contributed by atoms with van der Waals surface area (Å²) >= 11 is 0. The molecule has 14 nitrogen and oxygen atoms in total. The average Bonchev–Trinajstić information content (AvgIpc) is 2.67. The molecule has 0 heterocycles. The largest absolute Gasteiger partial charge is 0.480 e. The van der Waals surface area contributed by atoms with Crippen molar-refractivity contribution in [2.24, 2.45) is 23.1 Å². The number of aliphatic hydroxyl groups is 1. The monoisotopic (exact) mass is 460 g/mol. The molecule has 4 atom stereocenters. The van der Waals surface area contributed by atoms with Gasteiger partial charge in [0.15, 0.2) is 0 Å². The number of primary amides is 2.